The smallest absolute Gasteiger partial charge is 0.0369 e. The number of nitrogens with one attached hydrogen (secondary N) is 1. The summed E-state index contributed by atoms with van der Waals surface area (Å²) in [5, 5.41) is 3.53. The molecule has 108 valence electrons. The van der Waals surface area contributed by atoms with E-state index < -0.39 is 0 Å². The van der Waals surface area contributed by atoms with Crippen LogP contribution in [0.2, 0.25) is 0 Å². The van der Waals surface area contributed by atoms with Crippen molar-refractivity contribution in [1.29, 1.82) is 0 Å². The molecule has 1 heteroatoms. The van der Waals surface area contributed by atoms with Gasteiger partial charge in [0.25, 0.3) is 0 Å². The molecule has 1 rings (SSSR count). The highest BCUT2D eigenvalue weighted by Crippen LogP contribution is 2.14. The van der Waals surface area contributed by atoms with Gasteiger partial charge >= 0.3 is 0 Å². The molecule has 0 fully saturated rings. The van der Waals surface area contributed by atoms with Crippen LogP contribution in [-0.2, 0) is 0 Å². The minimum atomic E-state index is 1.11. The highest BCUT2D eigenvalue weighted by molar-refractivity contribution is 5.49. The summed E-state index contributed by atoms with van der Waals surface area (Å²) >= 11 is 0. The number of hydrogen-bond donors (Lipinski definition) is 1. The lowest BCUT2D eigenvalue weighted by molar-refractivity contribution is 0.569. The molecule has 1 N–H and O–H groups in total. The van der Waals surface area contributed by atoms with Gasteiger partial charge in [-0.25, -0.2) is 0 Å². The second kappa shape index (κ2) is 10.9. The Morgan fingerprint density at radius 1 is 0.789 bits per heavy atom. The molecule has 0 heterocycles. The topological polar surface area (TPSA) is 12.0 Å². The first kappa shape index (κ1) is 16.1. The lowest BCUT2D eigenvalue weighted by Crippen LogP contribution is -2.02. The van der Waals surface area contributed by atoms with E-state index >= 15 is 0 Å². The van der Waals surface area contributed by atoms with Gasteiger partial charge < -0.3 is 5.32 Å². The quantitative estimate of drug-likeness (QED) is 0.486. The van der Waals surface area contributed by atoms with E-state index in [0.29, 0.717) is 0 Å². The van der Waals surface area contributed by atoms with Crippen molar-refractivity contribution in [2.75, 3.05) is 11.9 Å². The van der Waals surface area contributed by atoms with Crippen LogP contribution in [0.1, 0.15) is 70.3 Å². The lowest BCUT2D eigenvalue weighted by atomic mass is 10.1. The molecule has 19 heavy (non-hydrogen) atoms. The van der Waals surface area contributed by atoms with Gasteiger partial charge in [-0.15, -0.1) is 0 Å². The Labute approximate surface area is 119 Å². The normalized spacial score (nSPS) is 10.6. The second-order valence-corrected chi connectivity index (χ2v) is 5.57. The van der Waals surface area contributed by atoms with E-state index in [9.17, 15) is 0 Å². The number of para-hydroxylation sites is 1. The summed E-state index contributed by atoms with van der Waals surface area (Å²) in [5.74, 6) is 0. The van der Waals surface area contributed by atoms with Crippen LogP contribution in [0, 0.1) is 6.92 Å². The van der Waals surface area contributed by atoms with Crippen LogP contribution >= 0.6 is 0 Å². The molecule has 0 saturated heterocycles. The molecule has 1 nitrogen and oxygen atoms in total. The van der Waals surface area contributed by atoms with E-state index in [1.807, 2.05) is 0 Å². The van der Waals surface area contributed by atoms with Crippen molar-refractivity contribution >= 4 is 5.69 Å². The van der Waals surface area contributed by atoms with Crippen LogP contribution < -0.4 is 5.32 Å². The molecular formula is C18H31N. The summed E-state index contributed by atoms with van der Waals surface area (Å²) < 4.78 is 0. The SMILES string of the molecule is CCCCCCCCCCCNc1ccccc1C. The molecule has 0 saturated carbocycles. The number of unbranched alkanes of at least 4 members (excludes halogenated alkanes) is 8. The van der Waals surface area contributed by atoms with E-state index in [1.54, 1.807) is 0 Å². The zero-order valence-corrected chi connectivity index (χ0v) is 12.9. The van der Waals surface area contributed by atoms with Crippen LogP contribution in [0.5, 0.6) is 0 Å². The minimum Gasteiger partial charge on any atom is -0.385 e. The number of rotatable bonds is 11. The monoisotopic (exact) mass is 261 g/mol. The lowest BCUT2D eigenvalue weighted by Gasteiger charge is -2.08. The van der Waals surface area contributed by atoms with Gasteiger partial charge in [-0.2, -0.15) is 0 Å². The third-order valence-electron chi connectivity index (χ3n) is 3.74. The molecule has 0 atom stereocenters. The molecule has 0 aliphatic carbocycles. The first-order valence-corrected chi connectivity index (χ1v) is 8.14. The molecule has 0 radical (unpaired) electrons. The Kier molecular flexibility index (Phi) is 9.22. The van der Waals surface area contributed by atoms with Crippen LogP contribution in [-0.4, -0.2) is 6.54 Å². The van der Waals surface area contributed by atoms with Crippen LogP contribution in [0.25, 0.3) is 0 Å². The molecule has 0 aromatic heterocycles. The molecule has 0 aliphatic rings. The van der Waals surface area contributed by atoms with E-state index in [2.05, 4.69) is 43.4 Å². The summed E-state index contributed by atoms with van der Waals surface area (Å²) in [6.07, 6.45) is 12.6. The zero-order chi connectivity index (χ0) is 13.8. The van der Waals surface area contributed by atoms with Gasteiger partial charge in [-0.3, -0.25) is 0 Å². The fourth-order valence-corrected chi connectivity index (χ4v) is 2.43. The average molecular weight is 261 g/mol. The molecule has 0 aliphatic heterocycles. The Balaban J connectivity index is 1.90. The highest BCUT2D eigenvalue weighted by atomic mass is 14.9. The summed E-state index contributed by atoms with van der Waals surface area (Å²) in [4.78, 5) is 0. The summed E-state index contributed by atoms with van der Waals surface area (Å²) in [6, 6.07) is 8.53. The largest absolute Gasteiger partial charge is 0.385 e. The molecule has 0 spiro atoms. The fraction of sp³-hybridized carbons (Fsp3) is 0.667. The van der Waals surface area contributed by atoms with Crippen LogP contribution in [0.3, 0.4) is 0 Å². The maximum atomic E-state index is 3.53. The Bertz CT molecular complexity index is 319. The predicted molar refractivity (Wildman–Crippen MR) is 86.9 cm³/mol. The number of aryl methyl sites for hydroxylation is 1. The minimum absolute atomic E-state index is 1.11. The van der Waals surface area contributed by atoms with E-state index in [4.69, 9.17) is 0 Å². The number of hydrogen-bond acceptors (Lipinski definition) is 1. The molecule has 0 amide bonds. The van der Waals surface area contributed by atoms with Crippen molar-refractivity contribution < 1.29 is 0 Å². The van der Waals surface area contributed by atoms with Crippen molar-refractivity contribution in [3.8, 4) is 0 Å². The van der Waals surface area contributed by atoms with E-state index in [1.165, 1.54) is 69.0 Å². The highest BCUT2D eigenvalue weighted by Gasteiger charge is 1.95. The van der Waals surface area contributed by atoms with Crippen molar-refractivity contribution in [2.45, 2.75) is 71.6 Å². The van der Waals surface area contributed by atoms with Gasteiger partial charge in [-0.05, 0) is 25.0 Å². The average Bonchev–Trinajstić information content (AvgIpc) is 2.43. The van der Waals surface area contributed by atoms with Crippen LogP contribution in [0.4, 0.5) is 5.69 Å². The van der Waals surface area contributed by atoms with Gasteiger partial charge in [0.05, 0.1) is 0 Å². The van der Waals surface area contributed by atoms with Crippen molar-refractivity contribution in [1.82, 2.24) is 0 Å². The van der Waals surface area contributed by atoms with Crippen molar-refractivity contribution in [3.05, 3.63) is 29.8 Å². The van der Waals surface area contributed by atoms with Gasteiger partial charge in [0, 0.05) is 12.2 Å². The Morgan fingerprint density at radius 3 is 2.00 bits per heavy atom. The third-order valence-corrected chi connectivity index (χ3v) is 3.74. The van der Waals surface area contributed by atoms with Gasteiger partial charge in [0.1, 0.15) is 0 Å². The number of benzene rings is 1. The molecule has 1 aromatic rings. The first-order chi connectivity index (χ1) is 9.34. The van der Waals surface area contributed by atoms with Crippen molar-refractivity contribution in [3.63, 3.8) is 0 Å². The molecule has 1 aromatic carbocycles. The summed E-state index contributed by atoms with van der Waals surface area (Å²) in [6.45, 7) is 5.56. The fourth-order valence-electron chi connectivity index (χ4n) is 2.43. The van der Waals surface area contributed by atoms with Crippen molar-refractivity contribution in [2.24, 2.45) is 0 Å². The third kappa shape index (κ3) is 7.92. The second-order valence-electron chi connectivity index (χ2n) is 5.57. The zero-order valence-electron chi connectivity index (χ0n) is 12.9. The molecule has 0 unspecified atom stereocenters. The first-order valence-electron chi connectivity index (χ1n) is 8.14. The summed E-state index contributed by atoms with van der Waals surface area (Å²) in [7, 11) is 0. The molecule has 0 bridgehead atoms. The van der Waals surface area contributed by atoms with E-state index in [-0.39, 0.29) is 0 Å². The van der Waals surface area contributed by atoms with Gasteiger partial charge in [0.15, 0.2) is 0 Å². The Morgan fingerprint density at radius 2 is 1.37 bits per heavy atom. The maximum absolute atomic E-state index is 3.53. The summed E-state index contributed by atoms with van der Waals surface area (Å²) in [5.41, 5.74) is 2.64. The van der Waals surface area contributed by atoms with Gasteiger partial charge in [0.2, 0.25) is 0 Å². The Hall–Kier alpha value is -0.980. The van der Waals surface area contributed by atoms with E-state index in [0.717, 1.165) is 6.54 Å². The van der Waals surface area contributed by atoms with Gasteiger partial charge in [-0.1, -0.05) is 76.5 Å². The molecular weight excluding hydrogens is 230 g/mol. The predicted octanol–water partition coefficient (Wildman–Crippen LogP) is 5.94. The maximum Gasteiger partial charge on any atom is 0.0369 e. The van der Waals surface area contributed by atoms with Crippen LogP contribution in [0.15, 0.2) is 24.3 Å². The standard InChI is InChI=1S/C18H31N/c1-3-4-5-6-7-8-9-10-13-16-19-18-15-12-11-14-17(18)2/h11-12,14-15,19H,3-10,13,16H2,1-2H3. The number of anilines is 1.